The highest BCUT2D eigenvalue weighted by atomic mass is 16.2. The molecule has 4 rings (SSSR count). The van der Waals surface area contributed by atoms with Gasteiger partial charge in [0, 0.05) is 5.56 Å². The van der Waals surface area contributed by atoms with E-state index in [9.17, 15) is 9.59 Å². The van der Waals surface area contributed by atoms with Gasteiger partial charge in [-0.15, -0.1) is 0 Å². The number of carbonyl (C=O) groups excluding carboxylic acids is 2. The summed E-state index contributed by atoms with van der Waals surface area (Å²) < 4.78 is 0. The molecule has 0 unspecified atom stereocenters. The smallest absolute Gasteiger partial charge is 0.265 e. The molecule has 0 radical (unpaired) electrons. The maximum absolute atomic E-state index is 13.3. The summed E-state index contributed by atoms with van der Waals surface area (Å²) in [5.74, 6) is -0.408. The van der Waals surface area contributed by atoms with E-state index in [0.29, 0.717) is 11.3 Å². The average Bonchev–Trinajstić information content (AvgIpc) is 3.09. The lowest BCUT2D eigenvalue weighted by molar-refractivity contribution is -0.121. The molecule has 1 spiro atoms. The Hall–Kier alpha value is -2.68. The van der Waals surface area contributed by atoms with Crippen LogP contribution in [-0.4, -0.2) is 11.8 Å². The van der Waals surface area contributed by atoms with Crippen LogP contribution in [0.2, 0.25) is 0 Å². The molecule has 1 fully saturated rings. The Kier molecular flexibility index (Phi) is 2.98. The number of fused-ring (bicyclic) bond motifs is 2. The monoisotopic (exact) mass is 303 g/mol. The van der Waals surface area contributed by atoms with Crippen molar-refractivity contribution in [2.45, 2.75) is 24.7 Å². The number of hydrogen-bond acceptors (Lipinski definition) is 2. The molecule has 0 bridgehead atoms. The van der Waals surface area contributed by atoms with Crippen molar-refractivity contribution >= 4 is 17.5 Å². The minimum atomic E-state index is -0.707. The van der Waals surface area contributed by atoms with Crippen molar-refractivity contribution in [1.82, 2.24) is 0 Å². The summed E-state index contributed by atoms with van der Waals surface area (Å²) in [5, 5.41) is 0. The Morgan fingerprint density at radius 1 is 1.04 bits per heavy atom. The van der Waals surface area contributed by atoms with Crippen LogP contribution in [0.3, 0.4) is 0 Å². The Morgan fingerprint density at radius 2 is 1.74 bits per heavy atom. The van der Waals surface area contributed by atoms with E-state index in [1.807, 2.05) is 42.5 Å². The molecule has 0 aromatic heterocycles. The minimum absolute atomic E-state index is 0.143. The molecule has 114 valence electrons. The zero-order valence-electron chi connectivity index (χ0n) is 12.8. The summed E-state index contributed by atoms with van der Waals surface area (Å²) in [6.45, 7) is 4.15. The van der Waals surface area contributed by atoms with E-state index in [2.05, 4.69) is 6.58 Å². The van der Waals surface area contributed by atoms with Gasteiger partial charge >= 0.3 is 0 Å². The third kappa shape index (κ3) is 1.76. The van der Waals surface area contributed by atoms with Crippen molar-refractivity contribution < 1.29 is 9.59 Å². The number of nitrogens with zero attached hydrogens (tertiary/aromatic N) is 1. The predicted molar refractivity (Wildman–Crippen MR) is 89.4 cm³/mol. The number of carbonyl (C=O) groups is 2. The van der Waals surface area contributed by atoms with Crippen LogP contribution in [0.5, 0.6) is 0 Å². The lowest BCUT2D eigenvalue weighted by Crippen LogP contribution is -2.42. The van der Waals surface area contributed by atoms with E-state index in [4.69, 9.17) is 0 Å². The van der Waals surface area contributed by atoms with Gasteiger partial charge in [0.2, 0.25) is 5.91 Å². The molecule has 3 nitrogen and oxygen atoms in total. The lowest BCUT2D eigenvalue weighted by atomic mass is 9.77. The van der Waals surface area contributed by atoms with Crippen molar-refractivity contribution in [3.05, 3.63) is 77.9 Å². The second-order valence-corrected chi connectivity index (χ2v) is 6.19. The number of hydrogen-bond donors (Lipinski definition) is 0. The molecule has 1 aliphatic heterocycles. The van der Waals surface area contributed by atoms with E-state index in [0.717, 1.165) is 30.4 Å². The van der Waals surface area contributed by atoms with Crippen LogP contribution in [0.1, 0.15) is 35.2 Å². The molecule has 23 heavy (non-hydrogen) atoms. The van der Waals surface area contributed by atoms with Gasteiger partial charge < -0.3 is 0 Å². The predicted octanol–water partition coefficient (Wildman–Crippen LogP) is 3.85. The summed E-state index contributed by atoms with van der Waals surface area (Å²) in [6, 6.07) is 16.6. The normalized spacial score (nSPS) is 22.7. The van der Waals surface area contributed by atoms with Gasteiger partial charge in [0.05, 0.1) is 11.1 Å². The number of imide groups is 1. The fourth-order valence-corrected chi connectivity index (χ4v) is 3.90. The van der Waals surface area contributed by atoms with Gasteiger partial charge in [-0.1, -0.05) is 48.6 Å². The first kappa shape index (κ1) is 13.9. The lowest BCUT2D eigenvalue weighted by Gasteiger charge is -2.24. The SMILES string of the molecule is C=C1CCC[C@@]12C(=O)N(C(=O)c1ccccc1)c1ccccc12. The van der Waals surface area contributed by atoms with Crippen LogP contribution in [0.25, 0.3) is 0 Å². The number of amides is 2. The number of rotatable bonds is 1. The fourth-order valence-electron chi connectivity index (χ4n) is 3.90. The maximum Gasteiger partial charge on any atom is 0.265 e. The van der Waals surface area contributed by atoms with Crippen molar-refractivity contribution in [2.75, 3.05) is 4.90 Å². The van der Waals surface area contributed by atoms with Gasteiger partial charge in [0.25, 0.3) is 5.91 Å². The first-order valence-electron chi connectivity index (χ1n) is 7.88. The summed E-state index contributed by atoms with van der Waals surface area (Å²) in [7, 11) is 0. The van der Waals surface area contributed by atoms with Crippen LogP contribution < -0.4 is 4.90 Å². The van der Waals surface area contributed by atoms with Crippen molar-refractivity contribution in [3.8, 4) is 0 Å². The molecular formula is C20H17NO2. The average molecular weight is 303 g/mol. The zero-order valence-corrected chi connectivity index (χ0v) is 12.8. The fraction of sp³-hybridized carbons (Fsp3) is 0.200. The largest absolute Gasteiger partial charge is 0.273 e. The molecule has 1 aliphatic carbocycles. The van der Waals surface area contributed by atoms with E-state index >= 15 is 0 Å². The molecule has 1 atom stereocenters. The van der Waals surface area contributed by atoms with Crippen molar-refractivity contribution in [3.63, 3.8) is 0 Å². The summed E-state index contributed by atoms with van der Waals surface area (Å²) in [5.41, 5.74) is 2.38. The van der Waals surface area contributed by atoms with E-state index < -0.39 is 5.41 Å². The van der Waals surface area contributed by atoms with Gasteiger partial charge in [-0.2, -0.15) is 0 Å². The Morgan fingerprint density at radius 3 is 2.43 bits per heavy atom. The molecule has 3 heteroatoms. The van der Waals surface area contributed by atoms with Crippen LogP contribution in [0.4, 0.5) is 5.69 Å². The molecule has 2 aliphatic rings. The summed E-state index contributed by atoms with van der Waals surface area (Å²) in [6.07, 6.45) is 2.51. The third-order valence-electron chi connectivity index (χ3n) is 5.03. The molecule has 2 amide bonds. The van der Waals surface area contributed by atoms with Gasteiger partial charge in [-0.05, 0) is 43.0 Å². The Balaban J connectivity index is 1.88. The quantitative estimate of drug-likeness (QED) is 0.593. The molecule has 0 saturated heterocycles. The van der Waals surface area contributed by atoms with Gasteiger partial charge in [0.15, 0.2) is 0 Å². The van der Waals surface area contributed by atoms with Crippen LogP contribution in [0, 0.1) is 0 Å². The first-order valence-corrected chi connectivity index (χ1v) is 7.88. The van der Waals surface area contributed by atoms with Crippen molar-refractivity contribution in [1.29, 1.82) is 0 Å². The van der Waals surface area contributed by atoms with Crippen molar-refractivity contribution in [2.24, 2.45) is 0 Å². The third-order valence-corrected chi connectivity index (χ3v) is 5.03. The van der Waals surface area contributed by atoms with Crippen LogP contribution >= 0.6 is 0 Å². The second-order valence-electron chi connectivity index (χ2n) is 6.19. The molecular weight excluding hydrogens is 286 g/mol. The van der Waals surface area contributed by atoms with Gasteiger partial charge in [-0.3, -0.25) is 9.59 Å². The molecule has 1 saturated carbocycles. The highest BCUT2D eigenvalue weighted by molar-refractivity contribution is 6.28. The Labute approximate surface area is 135 Å². The zero-order chi connectivity index (χ0) is 16.0. The molecule has 2 aromatic rings. The highest BCUT2D eigenvalue weighted by Crippen LogP contribution is 2.53. The van der Waals surface area contributed by atoms with Crippen LogP contribution in [-0.2, 0) is 10.2 Å². The second kappa shape index (κ2) is 4.92. The molecule has 1 heterocycles. The molecule has 0 N–H and O–H groups in total. The highest BCUT2D eigenvalue weighted by Gasteiger charge is 2.55. The minimum Gasteiger partial charge on any atom is -0.273 e. The van der Waals surface area contributed by atoms with Gasteiger partial charge in [-0.25, -0.2) is 4.90 Å². The van der Waals surface area contributed by atoms with Crippen LogP contribution in [0.15, 0.2) is 66.7 Å². The van der Waals surface area contributed by atoms with E-state index in [1.54, 1.807) is 12.1 Å². The first-order chi connectivity index (χ1) is 11.2. The molecule has 2 aromatic carbocycles. The number of para-hydroxylation sites is 1. The number of benzene rings is 2. The van der Waals surface area contributed by atoms with E-state index in [1.165, 1.54) is 4.90 Å². The maximum atomic E-state index is 13.3. The summed E-state index contributed by atoms with van der Waals surface area (Å²) >= 11 is 0. The van der Waals surface area contributed by atoms with E-state index in [-0.39, 0.29) is 11.8 Å². The standard InChI is InChI=1S/C20H17NO2/c1-14-8-7-13-20(14)16-11-5-6-12-17(16)21(19(20)23)18(22)15-9-3-2-4-10-15/h2-6,9-12H,1,7-8,13H2/t20-/m1/s1. The topological polar surface area (TPSA) is 37.4 Å². The Bertz CT molecular complexity index is 825. The number of anilines is 1. The summed E-state index contributed by atoms with van der Waals surface area (Å²) in [4.78, 5) is 27.5. The van der Waals surface area contributed by atoms with Gasteiger partial charge in [0.1, 0.15) is 0 Å².